The second-order valence-corrected chi connectivity index (χ2v) is 7.17. The Morgan fingerprint density at radius 2 is 1.79 bits per heavy atom. The van der Waals surface area contributed by atoms with Gasteiger partial charge in [-0.15, -0.1) is 0 Å². The smallest absolute Gasteiger partial charge is 0.251 e. The largest absolute Gasteiger partial charge is 0.507 e. The van der Waals surface area contributed by atoms with Gasteiger partial charge in [-0.1, -0.05) is 30.3 Å². The summed E-state index contributed by atoms with van der Waals surface area (Å²) in [5, 5.41) is 19.0. The number of nitrogens with zero attached hydrogens (tertiary/aromatic N) is 1. The molecule has 0 saturated heterocycles. The van der Waals surface area contributed by atoms with Gasteiger partial charge in [0, 0.05) is 6.54 Å². The van der Waals surface area contributed by atoms with E-state index in [1.165, 1.54) is 6.08 Å². The van der Waals surface area contributed by atoms with Gasteiger partial charge in [0.05, 0.1) is 0 Å². The number of phenols is 1. The minimum absolute atomic E-state index is 0.107. The summed E-state index contributed by atoms with van der Waals surface area (Å²) < 4.78 is 27.1. The molecule has 2 N–H and O–H groups in total. The van der Waals surface area contributed by atoms with Crippen LogP contribution in [0.15, 0.2) is 47.4 Å². The van der Waals surface area contributed by atoms with Crippen LogP contribution in [0.5, 0.6) is 5.75 Å². The van der Waals surface area contributed by atoms with Crippen LogP contribution in [0.3, 0.4) is 0 Å². The summed E-state index contributed by atoms with van der Waals surface area (Å²) in [6.07, 6.45) is 1.30. The summed E-state index contributed by atoms with van der Waals surface area (Å²) in [5.41, 5.74) is 2.58. The van der Waals surface area contributed by atoms with E-state index in [4.69, 9.17) is 0 Å². The highest BCUT2D eigenvalue weighted by Gasteiger charge is 2.17. The Hall–Kier alpha value is -2.62. The van der Waals surface area contributed by atoms with Gasteiger partial charge in [0.25, 0.3) is 10.0 Å². The quantitative estimate of drug-likeness (QED) is 0.817. The maximum Gasteiger partial charge on any atom is 0.251 e. The minimum Gasteiger partial charge on any atom is -0.507 e. The highest BCUT2D eigenvalue weighted by atomic mass is 32.2. The summed E-state index contributed by atoms with van der Waals surface area (Å²) in [4.78, 5) is -0.372. The maximum atomic E-state index is 12.3. The molecule has 0 fully saturated rings. The lowest BCUT2D eigenvalue weighted by atomic mass is 10.1. The molecule has 0 atom stereocenters. The molecule has 0 heterocycles. The first-order valence-corrected chi connectivity index (χ1v) is 8.77. The zero-order valence-electron chi connectivity index (χ0n) is 13.4. The average molecular weight is 342 g/mol. The first-order chi connectivity index (χ1) is 11.3. The molecule has 0 radical (unpaired) electrons. The van der Waals surface area contributed by atoms with E-state index in [-0.39, 0.29) is 17.2 Å². The number of phenolic OH excluding ortho intramolecular Hbond substituents is 1. The fourth-order valence-corrected chi connectivity index (χ4v) is 3.17. The molecule has 6 heteroatoms. The number of nitriles is 1. The molecule has 0 spiro atoms. The SMILES string of the molecule is Cc1cc(/C=C(\C#N)S(=O)(=O)NCc2ccccc2)cc(C)c1O. The molecule has 0 amide bonds. The van der Waals surface area contributed by atoms with Gasteiger partial charge in [0.2, 0.25) is 0 Å². The Morgan fingerprint density at radius 1 is 1.21 bits per heavy atom. The lowest BCUT2D eigenvalue weighted by Crippen LogP contribution is -2.24. The van der Waals surface area contributed by atoms with Crippen molar-refractivity contribution in [3.05, 3.63) is 69.6 Å². The molecule has 0 aliphatic heterocycles. The molecule has 2 aromatic rings. The lowest BCUT2D eigenvalue weighted by Gasteiger charge is -2.07. The second-order valence-electron chi connectivity index (χ2n) is 5.43. The van der Waals surface area contributed by atoms with Gasteiger partial charge in [-0.3, -0.25) is 0 Å². The summed E-state index contributed by atoms with van der Waals surface area (Å²) in [7, 11) is -3.92. The van der Waals surface area contributed by atoms with Crippen LogP contribution in [-0.2, 0) is 16.6 Å². The summed E-state index contributed by atoms with van der Waals surface area (Å²) in [6, 6.07) is 14.1. The monoisotopic (exact) mass is 342 g/mol. The van der Waals surface area contributed by atoms with Crippen LogP contribution in [0.2, 0.25) is 0 Å². The molecule has 2 rings (SSSR count). The zero-order chi connectivity index (χ0) is 17.7. The van der Waals surface area contributed by atoms with Crippen molar-refractivity contribution in [2.45, 2.75) is 20.4 Å². The van der Waals surface area contributed by atoms with Gasteiger partial charge in [-0.25, -0.2) is 13.1 Å². The molecule has 24 heavy (non-hydrogen) atoms. The first-order valence-electron chi connectivity index (χ1n) is 7.29. The lowest BCUT2D eigenvalue weighted by molar-refractivity contribution is 0.467. The van der Waals surface area contributed by atoms with E-state index in [0.29, 0.717) is 16.7 Å². The van der Waals surface area contributed by atoms with Gasteiger partial charge >= 0.3 is 0 Å². The van der Waals surface area contributed by atoms with Gasteiger partial charge in [0.1, 0.15) is 11.8 Å². The van der Waals surface area contributed by atoms with Gasteiger partial charge < -0.3 is 5.11 Å². The van der Waals surface area contributed by atoms with Crippen LogP contribution >= 0.6 is 0 Å². The molecule has 0 bridgehead atoms. The van der Waals surface area contributed by atoms with E-state index in [1.54, 1.807) is 44.2 Å². The molecular formula is C18H18N2O3S. The van der Waals surface area contributed by atoms with E-state index >= 15 is 0 Å². The molecule has 0 unspecified atom stereocenters. The Labute approximate surface area is 141 Å². The number of hydrogen-bond acceptors (Lipinski definition) is 4. The maximum absolute atomic E-state index is 12.3. The van der Waals surface area contributed by atoms with Crippen molar-refractivity contribution in [2.75, 3.05) is 0 Å². The number of rotatable bonds is 5. The minimum atomic E-state index is -3.92. The van der Waals surface area contributed by atoms with Crippen LogP contribution in [-0.4, -0.2) is 13.5 Å². The number of nitrogens with one attached hydrogen (secondary N) is 1. The third-order valence-electron chi connectivity index (χ3n) is 3.52. The number of benzene rings is 2. The van der Waals surface area contributed by atoms with Gasteiger partial charge in [-0.05, 0) is 54.3 Å². The van der Waals surface area contributed by atoms with Crippen LogP contribution in [0.1, 0.15) is 22.3 Å². The Bertz CT molecular complexity index is 888. The Kier molecular flexibility index (Phi) is 5.39. The van der Waals surface area contributed by atoms with E-state index < -0.39 is 10.0 Å². The number of aromatic hydroxyl groups is 1. The number of aryl methyl sites for hydroxylation is 2. The zero-order valence-corrected chi connectivity index (χ0v) is 14.3. The summed E-state index contributed by atoms with van der Waals surface area (Å²) in [6.45, 7) is 3.54. The average Bonchev–Trinajstić information content (AvgIpc) is 2.56. The van der Waals surface area contributed by atoms with Crippen molar-refractivity contribution in [3.63, 3.8) is 0 Å². The Balaban J connectivity index is 2.28. The molecule has 124 valence electrons. The van der Waals surface area contributed by atoms with Gasteiger partial charge in [-0.2, -0.15) is 5.26 Å². The molecular weight excluding hydrogens is 324 g/mol. The van der Waals surface area contributed by atoms with Crippen LogP contribution in [0, 0.1) is 25.2 Å². The van der Waals surface area contributed by atoms with Crippen molar-refractivity contribution < 1.29 is 13.5 Å². The molecule has 0 saturated carbocycles. The molecule has 2 aromatic carbocycles. The topological polar surface area (TPSA) is 90.2 Å². The van der Waals surface area contributed by atoms with Crippen molar-refractivity contribution in [3.8, 4) is 11.8 Å². The van der Waals surface area contributed by atoms with E-state index in [9.17, 15) is 18.8 Å². The number of allylic oxidation sites excluding steroid dienone is 1. The first kappa shape index (κ1) is 17.7. The summed E-state index contributed by atoms with van der Waals surface area (Å²) >= 11 is 0. The number of sulfonamides is 1. The predicted octanol–water partition coefficient (Wildman–Crippen LogP) is 2.99. The highest BCUT2D eigenvalue weighted by Crippen LogP contribution is 2.24. The third kappa shape index (κ3) is 4.22. The standard InChI is InChI=1S/C18H18N2O3S/c1-13-8-16(9-14(2)18(13)21)10-17(11-19)24(22,23)20-12-15-6-4-3-5-7-15/h3-10,20-21H,12H2,1-2H3/b17-10+. The summed E-state index contributed by atoms with van der Waals surface area (Å²) in [5.74, 6) is 0.163. The number of hydrogen-bond donors (Lipinski definition) is 2. The van der Waals surface area contributed by atoms with E-state index in [2.05, 4.69) is 4.72 Å². The fraction of sp³-hybridized carbons (Fsp3) is 0.167. The predicted molar refractivity (Wildman–Crippen MR) is 93.4 cm³/mol. The molecule has 0 aromatic heterocycles. The third-order valence-corrected chi connectivity index (χ3v) is 4.83. The van der Waals surface area contributed by atoms with Crippen LogP contribution < -0.4 is 4.72 Å². The van der Waals surface area contributed by atoms with E-state index in [1.807, 2.05) is 18.2 Å². The normalized spacial score (nSPS) is 12.0. The highest BCUT2D eigenvalue weighted by molar-refractivity contribution is 7.93. The Morgan fingerprint density at radius 3 is 2.33 bits per heavy atom. The van der Waals surface area contributed by atoms with Crippen molar-refractivity contribution in [1.29, 1.82) is 5.26 Å². The molecule has 0 aliphatic rings. The van der Waals surface area contributed by atoms with Crippen molar-refractivity contribution in [1.82, 2.24) is 4.72 Å². The molecule has 0 aliphatic carbocycles. The fourth-order valence-electron chi connectivity index (χ4n) is 2.25. The van der Waals surface area contributed by atoms with Crippen LogP contribution in [0.4, 0.5) is 0 Å². The van der Waals surface area contributed by atoms with Gasteiger partial charge in [0.15, 0.2) is 4.91 Å². The van der Waals surface area contributed by atoms with Crippen molar-refractivity contribution >= 4 is 16.1 Å². The van der Waals surface area contributed by atoms with Crippen molar-refractivity contribution in [2.24, 2.45) is 0 Å². The van der Waals surface area contributed by atoms with Crippen LogP contribution in [0.25, 0.3) is 6.08 Å². The molecule has 5 nitrogen and oxygen atoms in total. The second kappa shape index (κ2) is 7.30. The van der Waals surface area contributed by atoms with E-state index in [0.717, 1.165) is 5.56 Å².